The van der Waals surface area contributed by atoms with Crippen molar-refractivity contribution < 1.29 is 12.4 Å². The Morgan fingerprint density at radius 3 is 2.22 bits per heavy atom. The Morgan fingerprint density at radius 1 is 1.33 bits per heavy atom. The zero-order valence-electron chi connectivity index (χ0n) is 6.07. The topological polar surface area (TPSA) is 0 Å². The molecule has 0 fully saturated rings. The van der Waals surface area contributed by atoms with Gasteiger partial charge in [-0.25, -0.2) is 0 Å². The van der Waals surface area contributed by atoms with Crippen molar-refractivity contribution in [2.45, 2.75) is 26.2 Å². The second kappa shape index (κ2) is 15.9. The predicted molar refractivity (Wildman–Crippen MR) is 39.8 cm³/mol. The van der Waals surface area contributed by atoms with Crippen molar-refractivity contribution in [2.24, 2.45) is 0 Å². The predicted octanol–water partition coefficient (Wildman–Crippen LogP) is -0.810. The van der Waals surface area contributed by atoms with Crippen LogP contribution in [-0.4, -0.2) is 23.1 Å². The van der Waals surface area contributed by atoms with E-state index in [-0.39, 0.29) is 35.5 Å². The first-order chi connectivity index (χ1) is 3.41. The minimum atomic E-state index is 0. The van der Waals surface area contributed by atoms with Crippen LogP contribution in [0.15, 0.2) is 12.2 Å². The molecule has 0 rings (SSSR count). The Hall–Kier alpha value is 0.796. The number of hydrogen-bond acceptors (Lipinski definition) is 0. The van der Waals surface area contributed by atoms with Gasteiger partial charge in [0.05, 0.1) is 0 Å². The van der Waals surface area contributed by atoms with Crippen molar-refractivity contribution in [1.29, 1.82) is 0 Å². The molecule has 0 aromatic carbocycles. The van der Waals surface area contributed by atoms with Crippen molar-refractivity contribution in [3.63, 3.8) is 0 Å². The molecule has 0 saturated heterocycles. The van der Waals surface area contributed by atoms with Crippen LogP contribution in [0.4, 0.5) is 0 Å². The molecule has 0 aliphatic rings. The first-order valence-corrected chi connectivity index (χ1v) is 2.86. The number of hydrogen-bond donors (Lipinski definition) is 0. The van der Waals surface area contributed by atoms with Gasteiger partial charge in [-0.2, -0.15) is 6.42 Å². The molecule has 9 heavy (non-hydrogen) atoms. The van der Waals surface area contributed by atoms with Crippen LogP contribution in [0.3, 0.4) is 0 Å². The van der Waals surface area contributed by atoms with Crippen molar-refractivity contribution in [2.75, 3.05) is 0 Å². The quantitative estimate of drug-likeness (QED) is 0.285. The van der Waals surface area contributed by atoms with Gasteiger partial charge in [0.25, 0.3) is 0 Å². The average molecular weight is 157 g/mol. The number of rotatable bonds is 3. The molecule has 0 bridgehead atoms. The van der Waals surface area contributed by atoms with Crippen LogP contribution >= 0.6 is 0 Å². The number of halogens is 1. The Morgan fingerprint density at radius 2 is 1.89 bits per heavy atom. The van der Waals surface area contributed by atoms with Crippen LogP contribution in [0.2, 0.25) is 0 Å². The van der Waals surface area contributed by atoms with Gasteiger partial charge in [0, 0.05) is 0 Å². The number of unbranched alkanes of at least 4 members (excludes halogenated alkanes) is 1. The average Bonchev–Trinajstić information content (AvgIpc) is 1.69. The summed E-state index contributed by atoms with van der Waals surface area (Å²) < 4.78 is 0. The smallest absolute Gasteiger partial charge is 1.00 e. The summed E-state index contributed by atoms with van der Waals surface area (Å²) in [6.07, 6.45) is 7.66. The van der Waals surface area contributed by atoms with Crippen molar-refractivity contribution in [3.05, 3.63) is 19.1 Å². The molecule has 0 N–H and O–H groups in total. The third kappa shape index (κ3) is 17.7. The molecule has 0 aromatic heterocycles. The Bertz CT molecular complexity index is 52.9. The summed E-state index contributed by atoms with van der Waals surface area (Å²) in [4.78, 5) is 0. The zero-order valence-corrected chi connectivity index (χ0v) is 8.24. The maximum absolute atomic E-state index is 3.67. The molecule has 0 heterocycles. The first kappa shape index (κ1) is 16.4. The summed E-state index contributed by atoms with van der Waals surface area (Å²) >= 11 is 0. The molecular formula is C7H13ClMg. The van der Waals surface area contributed by atoms with Gasteiger partial charge in [-0.15, -0.1) is 6.08 Å². The Labute approximate surface area is 80.7 Å². The third-order valence-electron chi connectivity index (χ3n) is 0.789. The van der Waals surface area contributed by atoms with E-state index in [1.165, 1.54) is 12.8 Å². The van der Waals surface area contributed by atoms with E-state index in [0.717, 1.165) is 6.42 Å². The normalized spacial score (nSPS) is 8.22. The van der Waals surface area contributed by atoms with E-state index in [0.29, 0.717) is 0 Å². The zero-order chi connectivity index (χ0) is 5.54. The summed E-state index contributed by atoms with van der Waals surface area (Å²) in [5.41, 5.74) is 0. The Kier molecular flexibility index (Phi) is 29.0. The van der Waals surface area contributed by atoms with Crippen LogP contribution in [0.25, 0.3) is 0 Å². The molecule has 0 radical (unpaired) electrons. The molecule has 0 aliphatic heterocycles. The van der Waals surface area contributed by atoms with E-state index in [4.69, 9.17) is 0 Å². The Balaban J connectivity index is -0.000000180. The standard InChI is InChI=1S/C7H13.ClH.Mg/c1-3-5-7-6-4-2;;/h5,7H,1,3-4,6H2,2H3;1H;/q-1;;+2/p-1/b7-5-;;. The first-order valence-electron chi connectivity index (χ1n) is 2.86. The minimum absolute atomic E-state index is 0. The maximum Gasteiger partial charge on any atom is 2.00 e. The summed E-state index contributed by atoms with van der Waals surface area (Å²) in [5.74, 6) is 0. The second-order valence-corrected chi connectivity index (χ2v) is 1.55. The monoisotopic (exact) mass is 156 g/mol. The van der Waals surface area contributed by atoms with Crippen molar-refractivity contribution >= 4 is 23.1 Å². The van der Waals surface area contributed by atoms with E-state index >= 15 is 0 Å². The number of allylic oxidation sites excluding steroid dienone is 2. The molecule has 0 unspecified atom stereocenters. The largest absolute Gasteiger partial charge is 2.00 e. The van der Waals surface area contributed by atoms with E-state index < -0.39 is 0 Å². The second-order valence-electron chi connectivity index (χ2n) is 1.55. The summed E-state index contributed by atoms with van der Waals surface area (Å²) in [6.45, 7) is 5.84. The fourth-order valence-electron chi connectivity index (χ4n) is 0.402. The van der Waals surface area contributed by atoms with E-state index in [1.807, 2.05) is 0 Å². The van der Waals surface area contributed by atoms with E-state index in [9.17, 15) is 0 Å². The van der Waals surface area contributed by atoms with Crippen LogP contribution < -0.4 is 12.4 Å². The fraction of sp³-hybridized carbons (Fsp3) is 0.571. The van der Waals surface area contributed by atoms with Gasteiger partial charge in [0.15, 0.2) is 0 Å². The maximum atomic E-state index is 3.67. The summed E-state index contributed by atoms with van der Waals surface area (Å²) in [6, 6.07) is 0. The van der Waals surface area contributed by atoms with E-state index in [2.05, 4.69) is 26.0 Å². The molecule has 50 valence electrons. The molecule has 0 aromatic rings. The van der Waals surface area contributed by atoms with Crippen molar-refractivity contribution in [1.82, 2.24) is 0 Å². The van der Waals surface area contributed by atoms with Crippen molar-refractivity contribution in [3.8, 4) is 0 Å². The molecule has 0 nitrogen and oxygen atoms in total. The minimum Gasteiger partial charge on any atom is -1.00 e. The van der Waals surface area contributed by atoms with Gasteiger partial charge in [-0.1, -0.05) is 19.4 Å². The molecule has 0 saturated carbocycles. The molecule has 2 heteroatoms. The summed E-state index contributed by atoms with van der Waals surface area (Å²) in [5, 5.41) is 0. The van der Waals surface area contributed by atoms with Gasteiger partial charge < -0.3 is 19.3 Å². The fourth-order valence-corrected chi connectivity index (χ4v) is 0.402. The van der Waals surface area contributed by atoms with Crippen LogP contribution in [0.5, 0.6) is 0 Å². The van der Waals surface area contributed by atoms with Gasteiger partial charge in [0.2, 0.25) is 0 Å². The SMILES string of the molecule is [CH2-]C/C=C\CCC.[Cl-].[Mg+2]. The molecule has 0 aliphatic carbocycles. The van der Waals surface area contributed by atoms with Gasteiger partial charge >= 0.3 is 23.1 Å². The molecule has 0 spiro atoms. The third-order valence-corrected chi connectivity index (χ3v) is 0.789. The molecule has 0 atom stereocenters. The molecular weight excluding hydrogens is 144 g/mol. The van der Waals surface area contributed by atoms with Gasteiger partial charge in [0.1, 0.15) is 0 Å². The van der Waals surface area contributed by atoms with E-state index in [1.54, 1.807) is 0 Å². The van der Waals surface area contributed by atoms with Crippen LogP contribution in [-0.2, 0) is 0 Å². The van der Waals surface area contributed by atoms with Crippen LogP contribution in [0, 0.1) is 6.92 Å². The van der Waals surface area contributed by atoms with Gasteiger partial charge in [-0.3, -0.25) is 0 Å². The van der Waals surface area contributed by atoms with Crippen LogP contribution in [0.1, 0.15) is 26.2 Å². The molecule has 0 amide bonds. The van der Waals surface area contributed by atoms with Gasteiger partial charge in [-0.05, 0) is 6.42 Å². The summed E-state index contributed by atoms with van der Waals surface area (Å²) in [7, 11) is 0.